The molecular weight excluding hydrogens is 402 g/mol. The molecule has 30 heavy (non-hydrogen) atoms. The maximum atomic E-state index is 12.5. The van der Waals surface area contributed by atoms with E-state index in [1.165, 1.54) is 0 Å². The molecule has 0 spiro atoms. The van der Waals surface area contributed by atoms with Gasteiger partial charge in [-0.25, -0.2) is 0 Å². The second kappa shape index (κ2) is 11.8. The van der Waals surface area contributed by atoms with Crippen LogP contribution in [0, 0.1) is 12.8 Å². The van der Waals surface area contributed by atoms with Gasteiger partial charge in [-0.2, -0.15) is 0 Å². The Morgan fingerprint density at radius 3 is 2.40 bits per heavy atom. The Morgan fingerprint density at radius 1 is 1.00 bits per heavy atom. The summed E-state index contributed by atoms with van der Waals surface area (Å²) in [5.74, 6) is 0.693. The van der Waals surface area contributed by atoms with Gasteiger partial charge in [0.05, 0.1) is 12.2 Å². The first-order valence-corrected chi connectivity index (χ1v) is 10.1. The molecule has 0 radical (unpaired) electrons. The second-order valence-corrected chi connectivity index (χ2v) is 7.49. The Hall–Kier alpha value is -3.13. The van der Waals surface area contributed by atoms with Gasteiger partial charge in [-0.15, -0.1) is 0 Å². The van der Waals surface area contributed by atoms with E-state index < -0.39 is 11.8 Å². The third-order valence-corrected chi connectivity index (χ3v) is 4.22. The lowest BCUT2D eigenvalue weighted by Crippen LogP contribution is -2.49. The number of para-hydroxylation sites is 1. The molecule has 0 aliphatic carbocycles. The van der Waals surface area contributed by atoms with Crippen molar-refractivity contribution in [1.82, 2.24) is 16.2 Å². The van der Waals surface area contributed by atoms with Crippen molar-refractivity contribution < 1.29 is 19.1 Å². The Labute approximate surface area is 182 Å². The predicted octanol–water partition coefficient (Wildman–Crippen LogP) is 3.13. The van der Waals surface area contributed by atoms with Crippen molar-refractivity contribution in [3.05, 3.63) is 59.7 Å². The SMILES string of the molecule is Cc1ccc(OCC(=O)NNC(=S)NC(=O)c2ccccc2OCCC(C)C)cc1. The van der Waals surface area contributed by atoms with Crippen LogP contribution in [0.1, 0.15) is 36.2 Å². The number of amides is 2. The largest absolute Gasteiger partial charge is 0.493 e. The van der Waals surface area contributed by atoms with Crippen molar-refractivity contribution in [1.29, 1.82) is 0 Å². The van der Waals surface area contributed by atoms with Gasteiger partial charge in [-0.1, -0.05) is 43.7 Å². The lowest BCUT2D eigenvalue weighted by atomic mass is 10.1. The molecule has 8 heteroatoms. The normalized spacial score (nSPS) is 10.3. The fourth-order valence-corrected chi connectivity index (χ4v) is 2.48. The highest BCUT2D eigenvalue weighted by molar-refractivity contribution is 7.80. The van der Waals surface area contributed by atoms with E-state index >= 15 is 0 Å². The Kier molecular flexibility index (Phi) is 9.08. The summed E-state index contributed by atoms with van der Waals surface area (Å²) >= 11 is 5.07. The fraction of sp³-hybridized carbons (Fsp3) is 0.318. The van der Waals surface area contributed by atoms with Crippen LogP contribution >= 0.6 is 12.2 Å². The van der Waals surface area contributed by atoms with Crippen LogP contribution in [0.3, 0.4) is 0 Å². The Balaban J connectivity index is 1.78. The molecule has 0 saturated carbocycles. The molecule has 0 aromatic heterocycles. The molecule has 2 aromatic rings. The first-order valence-electron chi connectivity index (χ1n) is 9.66. The average Bonchev–Trinajstić information content (AvgIpc) is 2.72. The zero-order valence-corrected chi connectivity index (χ0v) is 18.2. The lowest BCUT2D eigenvalue weighted by molar-refractivity contribution is -0.123. The molecule has 0 fully saturated rings. The summed E-state index contributed by atoms with van der Waals surface area (Å²) in [4.78, 5) is 24.4. The van der Waals surface area contributed by atoms with Crippen LogP contribution in [0.4, 0.5) is 0 Å². The molecule has 0 heterocycles. The number of ether oxygens (including phenoxy) is 2. The second-order valence-electron chi connectivity index (χ2n) is 7.09. The third kappa shape index (κ3) is 8.08. The highest BCUT2D eigenvalue weighted by atomic mass is 32.1. The van der Waals surface area contributed by atoms with Crippen molar-refractivity contribution in [2.24, 2.45) is 5.92 Å². The molecule has 0 aliphatic heterocycles. The number of thiocarbonyl (C=S) groups is 1. The van der Waals surface area contributed by atoms with Crippen LogP contribution in [-0.4, -0.2) is 30.1 Å². The molecule has 0 unspecified atom stereocenters. The quantitative estimate of drug-likeness (QED) is 0.441. The zero-order valence-electron chi connectivity index (χ0n) is 17.4. The Morgan fingerprint density at radius 2 is 1.70 bits per heavy atom. The van der Waals surface area contributed by atoms with Crippen LogP contribution < -0.4 is 25.6 Å². The number of benzene rings is 2. The first kappa shape index (κ1) is 23.2. The number of hydrogen-bond acceptors (Lipinski definition) is 5. The van der Waals surface area contributed by atoms with Crippen molar-refractivity contribution >= 4 is 29.1 Å². The molecular formula is C22H27N3O4S. The minimum absolute atomic E-state index is 0.0410. The first-order chi connectivity index (χ1) is 14.3. The smallest absolute Gasteiger partial charge is 0.276 e. The number of nitrogens with one attached hydrogen (secondary N) is 3. The minimum atomic E-state index is -0.440. The van der Waals surface area contributed by atoms with E-state index in [0.717, 1.165) is 12.0 Å². The van der Waals surface area contributed by atoms with Crippen LogP contribution in [0.15, 0.2) is 48.5 Å². The number of rotatable bonds is 8. The fourth-order valence-electron chi connectivity index (χ4n) is 2.33. The molecule has 160 valence electrons. The summed E-state index contributed by atoms with van der Waals surface area (Å²) in [6.07, 6.45) is 0.882. The number of carbonyl (C=O) groups is 2. The summed E-state index contributed by atoms with van der Waals surface area (Å²) in [7, 11) is 0. The maximum Gasteiger partial charge on any atom is 0.276 e. The summed E-state index contributed by atoms with van der Waals surface area (Å²) < 4.78 is 11.1. The average molecular weight is 430 g/mol. The molecule has 2 aromatic carbocycles. The molecule has 0 atom stereocenters. The van der Waals surface area contributed by atoms with Gasteiger partial charge in [0.1, 0.15) is 11.5 Å². The lowest BCUT2D eigenvalue weighted by Gasteiger charge is -2.14. The number of hydrazine groups is 1. The standard InChI is InChI=1S/C22H27N3O4S/c1-15(2)12-13-28-19-7-5-4-6-18(19)21(27)23-22(30)25-24-20(26)14-29-17-10-8-16(3)9-11-17/h4-11,15H,12-14H2,1-3H3,(H,24,26)(H2,23,25,27,30). The van der Waals surface area contributed by atoms with E-state index in [1.807, 2.05) is 19.1 Å². The van der Waals surface area contributed by atoms with E-state index in [-0.39, 0.29) is 11.7 Å². The maximum absolute atomic E-state index is 12.5. The summed E-state index contributed by atoms with van der Waals surface area (Å²) in [5.41, 5.74) is 6.33. The van der Waals surface area contributed by atoms with E-state index in [4.69, 9.17) is 21.7 Å². The Bertz CT molecular complexity index is 869. The molecule has 0 aliphatic rings. The number of hydrogen-bond donors (Lipinski definition) is 3. The summed E-state index contributed by atoms with van der Waals surface area (Å²) in [5, 5.41) is 2.48. The van der Waals surface area contributed by atoms with E-state index in [0.29, 0.717) is 29.6 Å². The van der Waals surface area contributed by atoms with Gasteiger partial charge in [0, 0.05) is 0 Å². The molecule has 2 amide bonds. The van der Waals surface area contributed by atoms with Crippen molar-refractivity contribution in [3.63, 3.8) is 0 Å². The van der Waals surface area contributed by atoms with Crippen LogP contribution in [0.5, 0.6) is 11.5 Å². The highest BCUT2D eigenvalue weighted by Crippen LogP contribution is 2.18. The van der Waals surface area contributed by atoms with E-state index in [1.54, 1.807) is 36.4 Å². The van der Waals surface area contributed by atoms with Gasteiger partial charge in [0.15, 0.2) is 11.7 Å². The van der Waals surface area contributed by atoms with Gasteiger partial charge in [-0.3, -0.25) is 25.8 Å². The molecule has 7 nitrogen and oxygen atoms in total. The topological polar surface area (TPSA) is 88.7 Å². The predicted molar refractivity (Wildman–Crippen MR) is 119 cm³/mol. The van der Waals surface area contributed by atoms with Crippen molar-refractivity contribution in [2.75, 3.05) is 13.2 Å². The molecule has 3 N–H and O–H groups in total. The van der Waals surface area contributed by atoms with E-state index in [2.05, 4.69) is 30.0 Å². The van der Waals surface area contributed by atoms with Crippen LogP contribution in [0.25, 0.3) is 0 Å². The number of aryl methyl sites for hydroxylation is 1. The number of carbonyl (C=O) groups excluding carboxylic acids is 2. The summed E-state index contributed by atoms with van der Waals surface area (Å²) in [6.45, 7) is 6.49. The van der Waals surface area contributed by atoms with Gasteiger partial charge >= 0.3 is 0 Å². The highest BCUT2D eigenvalue weighted by Gasteiger charge is 2.14. The third-order valence-electron chi connectivity index (χ3n) is 4.02. The molecule has 0 saturated heterocycles. The zero-order chi connectivity index (χ0) is 21.9. The molecule has 2 rings (SSSR count). The summed E-state index contributed by atoms with van der Waals surface area (Å²) in [6, 6.07) is 14.3. The van der Waals surface area contributed by atoms with Gasteiger partial charge in [0.25, 0.3) is 11.8 Å². The monoisotopic (exact) mass is 429 g/mol. The molecule has 0 bridgehead atoms. The van der Waals surface area contributed by atoms with Crippen LogP contribution in [-0.2, 0) is 4.79 Å². The van der Waals surface area contributed by atoms with Crippen LogP contribution in [0.2, 0.25) is 0 Å². The minimum Gasteiger partial charge on any atom is -0.493 e. The van der Waals surface area contributed by atoms with Gasteiger partial charge < -0.3 is 9.47 Å². The van der Waals surface area contributed by atoms with Crippen molar-refractivity contribution in [2.45, 2.75) is 27.2 Å². The van der Waals surface area contributed by atoms with E-state index in [9.17, 15) is 9.59 Å². The van der Waals surface area contributed by atoms with Gasteiger partial charge in [0.2, 0.25) is 0 Å². The van der Waals surface area contributed by atoms with Crippen molar-refractivity contribution in [3.8, 4) is 11.5 Å². The van der Waals surface area contributed by atoms with Gasteiger partial charge in [-0.05, 0) is 55.7 Å².